The molecule has 3 heteroatoms. The Morgan fingerprint density at radius 2 is 0.781 bits per heavy atom. The van der Waals surface area contributed by atoms with Crippen LogP contribution in [0.2, 0.25) is 0 Å². The van der Waals surface area contributed by atoms with Gasteiger partial charge in [-0.15, -0.1) is 0 Å². The van der Waals surface area contributed by atoms with Gasteiger partial charge in [0.2, 0.25) is 0 Å². The fourth-order valence-electron chi connectivity index (χ4n) is 4.61. The number of unbranched alkanes of at least 4 members (excludes halogenated alkanes) is 21. The molecule has 0 aromatic heterocycles. The lowest BCUT2D eigenvalue weighted by Gasteiger charge is -2.10. The zero-order chi connectivity index (χ0) is 23.5. The van der Waals surface area contributed by atoms with E-state index in [2.05, 4.69) is 6.92 Å². The second kappa shape index (κ2) is 26.7. The number of carbonyl (C=O) groups is 1. The molecule has 0 saturated carbocycles. The summed E-state index contributed by atoms with van der Waals surface area (Å²) in [6.07, 6.45) is 32.2. The zero-order valence-electron chi connectivity index (χ0n) is 21.8. The summed E-state index contributed by atoms with van der Waals surface area (Å²) in [6.45, 7) is 2.28. The standard InChI is InChI=1S/C29H58O3/c1-2-3-4-5-6-7-10-13-16-19-22-25-28(30)26-23-20-17-14-11-8-9-12-15-18-21-24-27-29(31)32/h28,30H,2-27H2,1H3,(H,31,32). The largest absolute Gasteiger partial charge is 0.481 e. The molecule has 0 bridgehead atoms. The maximum Gasteiger partial charge on any atom is 0.303 e. The molecule has 192 valence electrons. The number of aliphatic hydroxyl groups is 1. The Bertz CT molecular complexity index is 369. The van der Waals surface area contributed by atoms with Gasteiger partial charge in [-0.05, 0) is 19.3 Å². The highest BCUT2D eigenvalue weighted by molar-refractivity contribution is 5.66. The van der Waals surface area contributed by atoms with E-state index in [1.807, 2.05) is 0 Å². The molecule has 0 radical (unpaired) electrons. The van der Waals surface area contributed by atoms with Crippen molar-refractivity contribution in [1.82, 2.24) is 0 Å². The van der Waals surface area contributed by atoms with Crippen LogP contribution < -0.4 is 0 Å². The van der Waals surface area contributed by atoms with E-state index >= 15 is 0 Å². The quantitative estimate of drug-likeness (QED) is 0.121. The van der Waals surface area contributed by atoms with Crippen molar-refractivity contribution in [3.8, 4) is 0 Å². The molecule has 0 heterocycles. The van der Waals surface area contributed by atoms with E-state index < -0.39 is 5.97 Å². The molecule has 0 aliphatic heterocycles. The van der Waals surface area contributed by atoms with Crippen LogP contribution in [0.5, 0.6) is 0 Å². The minimum absolute atomic E-state index is 0.0657. The summed E-state index contributed by atoms with van der Waals surface area (Å²) < 4.78 is 0. The average molecular weight is 455 g/mol. The zero-order valence-corrected chi connectivity index (χ0v) is 21.8. The van der Waals surface area contributed by atoms with Gasteiger partial charge in [0, 0.05) is 6.42 Å². The van der Waals surface area contributed by atoms with E-state index in [-0.39, 0.29) is 6.10 Å². The maximum absolute atomic E-state index is 10.4. The van der Waals surface area contributed by atoms with Gasteiger partial charge in [-0.3, -0.25) is 4.79 Å². The van der Waals surface area contributed by atoms with E-state index in [1.165, 1.54) is 135 Å². The van der Waals surface area contributed by atoms with Crippen LogP contribution in [0.1, 0.15) is 174 Å². The molecule has 0 saturated heterocycles. The second-order valence-electron chi connectivity index (χ2n) is 10.2. The molecule has 0 fully saturated rings. The Labute approximate surface area is 201 Å². The second-order valence-corrected chi connectivity index (χ2v) is 10.2. The Balaban J connectivity index is 3.14. The highest BCUT2D eigenvalue weighted by Gasteiger charge is 2.04. The predicted molar refractivity (Wildman–Crippen MR) is 139 cm³/mol. The van der Waals surface area contributed by atoms with Crippen molar-refractivity contribution in [1.29, 1.82) is 0 Å². The van der Waals surface area contributed by atoms with Crippen LogP contribution in [0.4, 0.5) is 0 Å². The van der Waals surface area contributed by atoms with E-state index in [9.17, 15) is 9.90 Å². The number of aliphatic carboxylic acids is 1. The molecule has 0 aromatic carbocycles. The first-order chi connectivity index (χ1) is 15.7. The van der Waals surface area contributed by atoms with Crippen LogP contribution in [0, 0.1) is 0 Å². The van der Waals surface area contributed by atoms with Crippen LogP contribution >= 0.6 is 0 Å². The number of rotatable bonds is 27. The van der Waals surface area contributed by atoms with Crippen molar-refractivity contribution in [2.45, 2.75) is 180 Å². The van der Waals surface area contributed by atoms with Gasteiger partial charge in [-0.1, -0.05) is 148 Å². The molecule has 0 aliphatic carbocycles. The van der Waals surface area contributed by atoms with E-state index in [0.29, 0.717) is 6.42 Å². The first kappa shape index (κ1) is 31.4. The highest BCUT2D eigenvalue weighted by atomic mass is 16.4. The lowest BCUT2D eigenvalue weighted by atomic mass is 10.0. The number of carboxylic acids is 1. The fraction of sp³-hybridized carbons (Fsp3) is 0.966. The van der Waals surface area contributed by atoms with Crippen molar-refractivity contribution in [3.63, 3.8) is 0 Å². The van der Waals surface area contributed by atoms with Gasteiger partial charge >= 0.3 is 5.97 Å². The molecule has 1 atom stereocenters. The smallest absolute Gasteiger partial charge is 0.303 e. The predicted octanol–water partition coefficient (Wildman–Crippen LogP) is 9.59. The highest BCUT2D eigenvalue weighted by Crippen LogP contribution is 2.16. The van der Waals surface area contributed by atoms with Gasteiger partial charge in [0.15, 0.2) is 0 Å². The third-order valence-electron chi connectivity index (χ3n) is 6.82. The van der Waals surface area contributed by atoms with E-state index in [4.69, 9.17) is 5.11 Å². The summed E-state index contributed by atoms with van der Waals surface area (Å²) in [5.41, 5.74) is 0. The average Bonchev–Trinajstić information content (AvgIpc) is 2.77. The molecule has 0 aliphatic rings. The summed E-state index contributed by atoms with van der Waals surface area (Å²) in [4.78, 5) is 10.4. The summed E-state index contributed by atoms with van der Waals surface area (Å²) in [5.74, 6) is -0.663. The minimum Gasteiger partial charge on any atom is -0.481 e. The molecule has 0 spiro atoms. The van der Waals surface area contributed by atoms with Crippen LogP contribution in [-0.2, 0) is 4.79 Å². The van der Waals surface area contributed by atoms with Gasteiger partial charge in [0.05, 0.1) is 6.10 Å². The van der Waals surface area contributed by atoms with Crippen molar-refractivity contribution < 1.29 is 15.0 Å². The molecule has 2 N–H and O–H groups in total. The first-order valence-corrected chi connectivity index (χ1v) is 14.6. The van der Waals surface area contributed by atoms with Gasteiger partial charge in [-0.2, -0.15) is 0 Å². The molecule has 3 nitrogen and oxygen atoms in total. The number of hydrogen-bond acceptors (Lipinski definition) is 2. The summed E-state index contributed by atoms with van der Waals surface area (Å²) in [6, 6.07) is 0. The lowest BCUT2D eigenvalue weighted by molar-refractivity contribution is -0.137. The third kappa shape index (κ3) is 27.5. The van der Waals surface area contributed by atoms with Crippen LogP contribution in [0.25, 0.3) is 0 Å². The summed E-state index contributed by atoms with van der Waals surface area (Å²) >= 11 is 0. The number of carboxylic acid groups (broad SMARTS) is 1. The number of aliphatic hydroxyl groups excluding tert-OH is 1. The summed E-state index contributed by atoms with van der Waals surface area (Å²) in [7, 11) is 0. The fourth-order valence-corrected chi connectivity index (χ4v) is 4.61. The van der Waals surface area contributed by atoms with E-state index in [0.717, 1.165) is 25.7 Å². The molecule has 32 heavy (non-hydrogen) atoms. The molecule has 0 aromatic rings. The molecule has 0 rings (SSSR count). The normalized spacial score (nSPS) is 12.3. The van der Waals surface area contributed by atoms with Gasteiger partial charge < -0.3 is 10.2 Å². The van der Waals surface area contributed by atoms with Crippen molar-refractivity contribution >= 4 is 5.97 Å². The van der Waals surface area contributed by atoms with Gasteiger partial charge in [-0.25, -0.2) is 0 Å². The van der Waals surface area contributed by atoms with Crippen LogP contribution in [0.3, 0.4) is 0 Å². The monoisotopic (exact) mass is 454 g/mol. The van der Waals surface area contributed by atoms with Crippen LogP contribution in [0.15, 0.2) is 0 Å². The Hall–Kier alpha value is -0.570. The number of hydrogen-bond donors (Lipinski definition) is 2. The SMILES string of the molecule is CCCCCCCCCCCCCC(O)CCCCCCCCCCCCCCC(=O)O. The molecular weight excluding hydrogens is 396 g/mol. The molecule has 1 unspecified atom stereocenters. The third-order valence-corrected chi connectivity index (χ3v) is 6.82. The van der Waals surface area contributed by atoms with Crippen molar-refractivity contribution in [2.24, 2.45) is 0 Å². The van der Waals surface area contributed by atoms with E-state index in [1.54, 1.807) is 0 Å². The van der Waals surface area contributed by atoms with Crippen molar-refractivity contribution in [2.75, 3.05) is 0 Å². The Morgan fingerprint density at radius 3 is 1.09 bits per heavy atom. The molecule has 0 amide bonds. The first-order valence-electron chi connectivity index (χ1n) is 14.6. The minimum atomic E-state index is -0.663. The lowest BCUT2D eigenvalue weighted by Crippen LogP contribution is -2.05. The van der Waals surface area contributed by atoms with Gasteiger partial charge in [0.25, 0.3) is 0 Å². The maximum atomic E-state index is 10.4. The van der Waals surface area contributed by atoms with Crippen molar-refractivity contribution in [3.05, 3.63) is 0 Å². The van der Waals surface area contributed by atoms with Crippen LogP contribution in [-0.4, -0.2) is 22.3 Å². The topological polar surface area (TPSA) is 57.5 Å². The Kier molecular flexibility index (Phi) is 26.2. The Morgan fingerprint density at radius 1 is 0.500 bits per heavy atom. The summed E-state index contributed by atoms with van der Waals surface area (Å²) in [5, 5.41) is 18.8. The van der Waals surface area contributed by atoms with Gasteiger partial charge in [0.1, 0.15) is 0 Å². The molecular formula is C29H58O3.